The fourth-order valence-electron chi connectivity index (χ4n) is 1.79. The van der Waals surface area contributed by atoms with Gasteiger partial charge < -0.3 is 10.2 Å². The van der Waals surface area contributed by atoms with E-state index in [2.05, 4.69) is 10.2 Å². The highest BCUT2D eigenvalue weighted by Gasteiger charge is 2.19. The largest absolute Gasteiger partial charge is 0.465 e. The van der Waals surface area contributed by atoms with Crippen LogP contribution in [0.25, 0.3) is 0 Å². The number of methoxy groups -OCH3 is 1. The van der Waals surface area contributed by atoms with Gasteiger partial charge in [0, 0.05) is 13.2 Å². The van der Waals surface area contributed by atoms with E-state index in [1.807, 2.05) is 30.4 Å². The fourth-order valence-corrected chi connectivity index (χ4v) is 2.05. The van der Waals surface area contributed by atoms with Gasteiger partial charge in [0.25, 0.3) is 0 Å². The van der Waals surface area contributed by atoms with E-state index in [1.54, 1.807) is 12.1 Å². The van der Waals surface area contributed by atoms with E-state index in [0.717, 1.165) is 5.56 Å². The predicted octanol–water partition coefficient (Wildman–Crippen LogP) is 2.13. The zero-order chi connectivity index (χ0) is 12.4. The molecule has 0 saturated heterocycles. The maximum atomic E-state index is 11.4. The van der Waals surface area contributed by atoms with E-state index < -0.39 is 5.97 Å². The number of nitrogens with one attached hydrogen (secondary N) is 1. The summed E-state index contributed by atoms with van der Waals surface area (Å²) in [6.07, 6.45) is 3.89. The van der Waals surface area contributed by atoms with Crippen LogP contribution in [0.4, 0.5) is 0 Å². The van der Waals surface area contributed by atoms with Crippen LogP contribution in [0.5, 0.6) is 0 Å². The first kappa shape index (κ1) is 12.0. The third kappa shape index (κ3) is 2.28. The number of carbonyl (C=O) groups is 1. The number of hydrazine groups is 1. The van der Waals surface area contributed by atoms with E-state index in [9.17, 15) is 4.79 Å². The Morgan fingerprint density at radius 1 is 1.53 bits per heavy atom. The summed E-state index contributed by atoms with van der Waals surface area (Å²) in [6, 6.07) is 5.46. The number of ether oxygens (including phenoxy) is 1. The minimum absolute atomic E-state index is 0.124. The molecule has 0 spiro atoms. The smallest absolute Gasteiger partial charge is 0.339 e. The van der Waals surface area contributed by atoms with Crippen molar-refractivity contribution in [1.29, 1.82) is 0 Å². The lowest BCUT2D eigenvalue weighted by molar-refractivity contribution is 0.0601. The monoisotopic (exact) mass is 252 g/mol. The normalized spacial score (nSPS) is 19.1. The number of nitrogens with zero attached hydrogens (tertiary/aromatic N) is 1. The van der Waals surface area contributed by atoms with Gasteiger partial charge in [0.15, 0.2) is 0 Å². The van der Waals surface area contributed by atoms with Crippen LogP contribution < -0.4 is 5.43 Å². The molecule has 1 heterocycles. The molecule has 0 amide bonds. The van der Waals surface area contributed by atoms with Crippen molar-refractivity contribution in [2.24, 2.45) is 0 Å². The summed E-state index contributed by atoms with van der Waals surface area (Å²) in [5, 5.41) is 2.35. The van der Waals surface area contributed by atoms with E-state index in [-0.39, 0.29) is 6.04 Å². The Morgan fingerprint density at radius 2 is 2.29 bits per heavy atom. The molecule has 1 aromatic carbocycles. The molecule has 90 valence electrons. The van der Waals surface area contributed by atoms with Crippen LogP contribution in [-0.4, -0.2) is 25.1 Å². The highest BCUT2D eigenvalue weighted by Crippen LogP contribution is 2.27. The van der Waals surface area contributed by atoms with Crippen molar-refractivity contribution < 1.29 is 9.53 Å². The Balaban J connectivity index is 2.31. The van der Waals surface area contributed by atoms with Crippen molar-refractivity contribution in [2.45, 2.75) is 6.04 Å². The standard InChI is InChI=1S/C12H13ClN2O2/c1-15-11(5-6-14-15)8-3-4-9(10(13)7-8)12(16)17-2/h3-7,11,14H,1-2H3. The molecule has 0 fully saturated rings. The Kier molecular flexibility index (Phi) is 3.36. The lowest BCUT2D eigenvalue weighted by Crippen LogP contribution is -2.27. The third-order valence-electron chi connectivity index (χ3n) is 2.71. The van der Waals surface area contributed by atoms with Crippen LogP contribution in [0.15, 0.2) is 30.5 Å². The summed E-state index contributed by atoms with van der Waals surface area (Å²) in [4.78, 5) is 11.4. The molecule has 2 rings (SSSR count). The van der Waals surface area contributed by atoms with E-state index >= 15 is 0 Å². The van der Waals surface area contributed by atoms with Gasteiger partial charge in [-0.25, -0.2) is 9.80 Å². The van der Waals surface area contributed by atoms with Crippen LogP contribution in [0, 0.1) is 0 Å². The number of halogens is 1. The molecule has 1 aromatic rings. The molecular weight excluding hydrogens is 240 g/mol. The van der Waals surface area contributed by atoms with Gasteiger partial charge in [-0.1, -0.05) is 17.7 Å². The molecule has 4 nitrogen and oxygen atoms in total. The predicted molar refractivity (Wildman–Crippen MR) is 65.6 cm³/mol. The Bertz CT molecular complexity index is 474. The summed E-state index contributed by atoms with van der Waals surface area (Å²) in [5.41, 5.74) is 4.46. The van der Waals surface area contributed by atoms with Crippen molar-refractivity contribution in [3.8, 4) is 0 Å². The molecular formula is C12H13ClN2O2. The van der Waals surface area contributed by atoms with Crippen molar-refractivity contribution in [3.05, 3.63) is 46.6 Å². The number of carbonyl (C=O) groups excluding carboxylic acids is 1. The first-order chi connectivity index (χ1) is 8.13. The van der Waals surface area contributed by atoms with Crippen molar-refractivity contribution in [3.63, 3.8) is 0 Å². The average molecular weight is 253 g/mol. The first-order valence-corrected chi connectivity index (χ1v) is 5.54. The van der Waals surface area contributed by atoms with Crippen LogP contribution in [0.2, 0.25) is 5.02 Å². The molecule has 0 radical (unpaired) electrons. The molecule has 0 saturated carbocycles. The molecule has 0 aromatic heterocycles. The van der Waals surface area contributed by atoms with E-state index in [0.29, 0.717) is 10.6 Å². The lowest BCUT2D eigenvalue weighted by Gasteiger charge is -2.20. The highest BCUT2D eigenvalue weighted by atomic mass is 35.5. The van der Waals surface area contributed by atoms with Crippen LogP contribution in [0.1, 0.15) is 22.0 Å². The van der Waals surface area contributed by atoms with Gasteiger partial charge in [-0.2, -0.15) is 0 Å². The number of esters is 1. The number of rotatable bonds is 2. The number of hydrogen-bond acceptors (Lipinski definition) is 4. The van der Waals surface area contributed by atoms with Gasteiger partial charge >= 0.3 is 5.97 Å². The number of hydrogen-bond donors (Lipinski definition) is 1. The SMILES string of the molecule is COC(=O)c1ccc(C2C=CNN2C)cc1Cl. The van der Waals surface area contributed by atoms with Crippen molar-refractivity contribution in [2.75, 3.05) is 14.2 Å². The molecule has 0 aliphatic carbocycles. The topological polar surface area (TPSA) is 41.6 Å². The van der Waals surface area contributed by atoms with Gasteiger partial charge in [-0.05, 0) is 23.8 Å². The average Bonchev–Trinajstić information content (AvgIpc) is 2.74. The van der Waals surface area contributed by atoms with Crippen molar-refractivity contribution >= 4 is 17.6 Å². The van der Waals surface area contributed by atoms with Crippen molar-refractivity contribution in [1.82, 2.24) is 10.4 Å². The second-order valence-corrected chi connectivity index (χ2v) is 4.18. The zero-order valence-corrected chi connectivity index (χ0v) is 10.4. The molecule has 1 atom stereocenters. The molecule has 5 heteroatoms. The molecule has 1 N–H and O–H groups in total. The van der Waals surface area contributed by atoms with Crippen LogP contribution >= 0.6 is 11.6 Å². The molecule has 1 aliphatic rings. The molecule has 17 heavy (non-hydrogen) atoms. The third-order valence-corrected chi connectivity index (χ3v) is 3.03. The van der Waals surface area contributed by atoms with Gasteiger partial charge in [0.05, 0.1) is 23.7 Å². The minimum Gasteiger partial charge on any atom is -0.465 e. The first-order valence-electron chi connectivity index (χ1n) is 5.17. The van der Waals surface area contributed by atoms with Gasteiger partial charge in [-0.15, -0.1) is 0 Å². The van der Waals surface area contributed by atoms with Gasteiger partial charge in [0.2, 0.25) is 0 Å². The van der Waals surface area contributed by atoms with E-state index in [4.69, 9.17) is 11.6 Å². The summed E-state index contributed by atoms with van der Waals surface area (Å²) >= 11 is 6.07. The molecule has 1 unspecified atom stereocenters. The zero-order valence-electron chi connectivity index (χ0n) is 9.61. The van der Waals surface area contributed by atoms with E-state index in [1.165, 1.54) is 7.11 Å². The maximum absolute atomic E-state index is 11.4. The fraction of sp³-hybridized carbons (Fsp3) is 0.250. The Labute approximate surface area is 105 Å². The minimum atomic E-state index is -0.421. The second-order valence-electron chi connectivity index (χ2n) is 3.77. The summed E-state index contributed by atoms with van der Waals surface area (Å²) in [5.74, 6) is -0.421. The quantitative estimate of drug-likeness (QED) is 0.819. The summed E-state index contributed by atoms with van der Waals surface area (Å²) in [6.45, 7) is 0. The van der Waals surface area contributed by atoms with Crippen LogP contribution in [0.3, 0.4) is 0 Å². The highest BCUT2D eigenvalue weighted by molar-refractivity contribution is 6.33. The van der Waals surface area contributed by atoms with Gasteiger partial charge in [-0.3, -0.25) is 0 Å². The molecule has 1 aliphatic heterocycles. The van der Waals surface area contributed by atoms with Crippen LogP contribution in [-0.2, 0) is 4.74 Å². The second kappa shape index (κ2) is 4.77. The Hall–Kier alpha value is -1.52. The summed E-state index contributed by atoms with van der Waals surface area (Å²) in [7, 11) is 3.27. The Morgan fingerprint density at radius 3 is 2.82 bits per heavy atom. The lowest BCUT2D eigenvalue weighted by atomic mass is 10.0. The number of benzene rings is 1. The summed E-state index contributed by atoms with van der Waals surface area (Å²) < 4.78 is 4.64. The maximum Gasteiger partial charge on any atom is 0.339 e. The number of likely N-dealkylation sites (N-methyl/N-ethyl adjacent to an activating group) is 1. The van der Waals surface area contributed by atoms with Gasteiger partial charge in [0.1, 0.15) is 0 Å². The molecule has 0 bridgehead atoms.